The maximum absolute atomic E-state index is 14.4. The number of carbonyl (C=O) groups is 3. The van der Waals surface area contributed by atoms with Crippen molar-refractivity contribution in [3.05, 3.63) is 123 Å². The van der Waals surface area contributed by atoms with Gasteiger partial charge in [-0.2, -0.15) is 0 Å². The molecule has 264 valence electrons. The third kappa shape index (κ3) is 6.44. The Balaban J connectivity index is 0.974. The molecule has 3 aromatic carbocycles. The maximum atomic E-state index is 14.4. The Hall–Kier alpha value is -5.10. The highest BCUT2D eigenvalue weighted by Gasteiger charge is 2.45. The van der Waals surface area contributed by atoms with Crippen LogP contribution in [0.4, 0.5) is 27.3 Å². The van der Waals surface area contributed by atoms with E-state index in [9.17, 15) is 18.8 Å². The first-order valence-corrected chi connectivity index (χ1v) is 18.4. The number of aryl methyl sites for hydroxylation is 1. The van der Waals surface area contributed by atoms with E-state index in [-0.39, 0.29) is 27.9 Å². The molecule has 0 radical (unpaired) electrons. The minimum atomic E-state index is -0.613. The number of benzene rings is 3. The van der Waals surface area contributed by atoms with Crippen molar-refractivity contribution in [1.29, 1.82) is 0 Å². The summed E-state index contributed by atoms with van der Waals surface area (Å²) in [6.07, 6.45) is 2.55. The monoisotopic (exact) mass is 735 g/mol. The first-order chi connectivity index (χ1) is 25.2. The summed E-state index contributed by atoms with van der Waals surface area (Å²) in [6, 6.07) is 24.2. The van der Waals surface area contributed by atoms with Gasteiger partial charge in [-0.05, 0) is 92.4 Å². The van der Waals surface area contributed by atoms with Crippen molar-refractivity contribution < 1.29 is 23.5 Å². The van der Waals surface area contributed by atoms with Crippen molar-refractivity contribution in [3.8, 4) is 10.4 Å². The van der Waals surface area contributed by atoms with Gasteiger partial charge < -0.3 is 25.2 Å². The van der Waals surface area contributed by atoms with Crippen LogP contribution < -0.4 is 20.4 Å². The molecule has 3 amide bonds. The molecule has 8 rings (SSSR count). The molecule has 3 aliphatic rings. The predicted octanol–water partition coefficient (Wildman–Crippen LogP) is 8.24. The summed E-state index contributed by atoms with van der Waals surface area (Å²) in [7, 11) is 0. The SMILES string of the molecule is Cc1ccc(C(=O)Nc2ccc(C(=O)N3CCc4cc(C(=O)Nc5c(F)cccc5Cl)sc4-c4ccccc43)cc2)c(N2CC3(CCOCC3)C2)n1. The summed E-state index contributed by atoms with van der Waals surface area (Å²) in [6.45, 7) is 5.58. The second kappa shape index (κ2) is 13.8. The molecular weight excluding hydrogens is 701 g/mol. The van der Waals surface area contributed by atoms with E-state index < -0.39 is 11.7 Å². The molecule has 0 saturated carbocycles. The smallest absolute Gasteiger partial charge is 0.265 e. The first-order valence-electron chi connectivity index (χ1n) is 17.2. The number of rotatable bonds is 6. The average molecular weight is 736 g/mol. The van der Waals surface area contributed by atoms with Crippen molar-refractivity contribution in [1.82, 2.24) is 4.98 Å². The van der Waals surface area contributed by atoms with Crippen molar-refractivity contribution in [2.75, 3.05) is 53.3 Å². The number of fused-ring (bicyclic) bond motifs is 3. The largest absolute Gasteiger partial charge is 0.381 e. The number of amides is 3. The Morgan fingerprint density at radius 2 is 1.69 bits per heavy atom. The number of carbonyl (C=O) groups excluding carboxylic acids is 3. The molecule has 1 spiro atoms. The Labute approximate surface area is 309 Å². The van der Waals surface area contributed by atoms with Gasteiger partial charge >= 0.3 is 0 Å². The lowest BCUT2D eigenvalue weighted by molar-refractivity contribution is -0.000519. The summed E-state index contributed by atoms with van der Waals surface area (Å²) >= 11 is 7.43. The fourth-order valence-electron chi connectivity index (χ4n) is 7.26. The van der Waals surface area contributed by atoms with Gasteiger partial charge in [0.1, 0.15) is 11.6 Å². The second-order valence-electron chi connectivity index (χ2n) is 13.6. The summed E-state index contributed by atoms with van der Waals surface area (Å²) in [5.74, 6) is -0.819. The molecule has 3 aliphatic heterocycles. The first kappa shape index (κ1) is 34.0. The van der Waals surface area contributed by atoms with Crippen molar-refractivity contribution in [2.45, 2.75) is 26.2 Å². The zero-order valence-corrected chi connectivity index (χ0v) is 30.0. The van der Waals surface area contributed by atoms with Gasteiger partial charge in [0.05, 0.1) is 26.8 Å². The van der Waals surface area contributed by atoms with Gasteiger partial charge in [0.15, 0.2) is 0 Å². The van der Waals surface area contributed by atoms with Gasteiger partial charge in [-0.1, -0.05) is 35.9 Å². The lowest BCUT2D eigenvalue weighted by atomic mass is 9.73. The standard InChI is InChI=1S/C40H35ClFN5O4S/c1-24-9-14-29(36(43-24)46-22-40(23-46)16-19-51-20-17-40)37(48)44-27-12-10-25(11-13-27)39(50)47-18-15-26-21-33(52-35(26)28-5-2-3-8-32(28)47)38(49)45-34-30(41)6-4-7-31(34)42/h2-14,21H,15-20,22-23H2,1H3,(H,44,48)(H,45,49). The molecule has 2 fully saturated rings. The van der Waals surface area contributed by atoms with E-state index in [1.807, 2.05) is 43.3 Å². The van der Waals surface area contributed by atoms with Gasteiger partial charge in [-0.3, -0.25) is 14.4 Å². The molecule has 52 heavy (non-hydrogen) atoms. The van der Waals surface area contributed by atoms with E-state index in [1.54, 1.807) is 35.2 Å². The van der Waals surface area contributed by atoms with Crippen molar-refractivity contribution in [3.63, 3.8) is 0 Å². The number of hydrogen-bond acceptors (Lipinski definition) is 7. The number of ether oxygens (including phenoxy) is 1. The van der Waals surface area contributed by atoms with Gasteiger partial charge in [0.25, 0.3) is 17.7 Å². The van der Waals surface area contributed by atoms with Crippen LogP contribution in [-0.4, -0.2) is 55.6 Å². The molecule has 0 bridgehead atoms. The lowest BCUT2D eigenvalue weighted by Crippen LogP contribution is -2.59. The van der Waals surface area contributed by atoms with E-state index in [1.165, 1.54) is 29.5 Å². The summed E-state index contributed by atoms with van der Waals surface area (Å²) in [4.78, 5) is 50.7. The summed E-state index contributed by atoms with van der Waals surface area (Å²) < 4.78 is 19.9. The van der Waals surface area contributed by atoms with Crippen LogP contribution in [0.1, 0.15) is 54.5 Å². The van der Waals surface area contributed by atoms with Gasteiger partial charge in [0, 0.05) is 65.6 Å². The average Bonchev–Trinajstić information content (AvgIpc) is 3.50. The predicted molar refractivity (Wildman–Crippen MR) is 203 cm³/mol. The number of anilines is 4. The number of nitrogens with one attached hydrogen (secondary N) is 2. The Morgan fingerprint density at radius 3 is 2.46 bits per heavy atom. The Bertz CT molecular complexity index is 2190. The quantitative estimate of drug-likeness (QED) is 0.182. The van der Waals surface area contributed by atoms with E-state index in [0.717, 1.165) is 66.5 Å². The number of hydrogen-bond donors (Lipinski definition) is 2. The molecule has 12 heteroatoms. The lowest BCUT2D eigenvalue weighted by Gasteiger charge is -2.53. The van der Waals surface area contributed by atoms with Crippen LogP contribution in [0.5, 0.6) is 0 Å². The normalized spacial score (nSPS) is 16.0. The number of halogens is 2. The van der Waals surface area contributed by atoms with Crippen LogP contribution in [-0.2, 0) is 11.2 Å². The zero-order chi connectivity index (χ0) is 36.0. The van der Waals surface area contributed by atoms with Crippen LogP contribution in [0.15, 0.2) is 84.9 Å². The fraction of sp³-hybridized carbons (Fsp3) is 0.250. The van der Waals surface area contributed by atoms with Crippen LogP contribution in [0, 0.1) is 18.2 Å². The van der Waals surface area contributed by atoms with Crippen LogP contribution in [0.25, 0.3) is 10.4 Å². The van der Waals surface area contributed by atoms with E-state index in [2.05, 4.69) is 15.5 Å². The van der Waals surface area contributed by atoms with E-state index >= 15 is 0 Å². The highest BCUT2D eigenvalue weighted by atomic mass is 35.5. The Morgan fingerprint density at radius 1 is 0.923 bits per heavy atom. The molecule has 2 N–H and O–H groups in total. The third-order valence-corrected chi connectivity index (χ3v) is 11.6. The number of nitrogens with zero attached hydrogens (tertiary/aromatic N) is 3. The van der Waals surface area contributed by atoms with E-state index in [0.29, 0.717) is 40.5 Å². The zero-order valence-electron chi connectivity index (χ0n) is 28.4. The van der Waals surface area contributed by atoms with Crippen molar-refractivity contribution >= 4 is 63.5 Å². The fourth-order valence-corrected chi connectivity index (χ4v) is 8.61. The number of para-hydroxylation sites is 2. The highest BCUT2D eigenvalue weighted by molar-refractivity contribution is 7.17. The van der Waals surface area contributed by atoms with Gasteiger partial charge in [-0.25, -0.2) is 9.37 Å². The molecule has 0 aliphatic carbocycles. The molecule has 2 saturated heterocycles. The molecular formula is C40H35ClFN5O4S. The van der Waals surface area contributed by atoms with Crippen LogP contribution in [0.2, 0.25) is 5.02 Å². The topological polar surface area (TPSA) is 104 Å². The van der Waals surface area contributed by atoms with Crippen molar-refractivity contribution in [2.24, 2.45) is 5.41 Å². The summed E-state index contributed by atoms with van der Waals surface area (Å²) in [5, 5.41) is 5.72. The maximum Gasteiger partial charge on any atom is 0.265 e. The van der Waals surface area contributed by atoms with Gasteiger partial charge in [0.2, 0.25) is 0 Å². The van der Waals surface area contributed by atoms with E-state index in [4.69, 9.17) is 21.3 Å². The molecule has 5 aromatic rings. The number of aromatic nitrogens is 1. The minimum absolute atomic E-state index is 0.0623. The minimum Gasteiger partial charge on any atom is -0.381 e. The van der Waals surface area contributed by atoms with Crippen LogP contribution in [0.3, 0.4) is 0 Å². The molecule has 0 unspecified atom stereocenters. The summed E-state index contributed by atoms with van der Waals surface area (Å²) in [5.41, 5.74) is 5.04. The van der Waals surface area contributed by atoms with Crippen LogP contribution >= 0.6 is 22.9 Å². The molecule has 2 aromatic heterocycles. The van der Waals surface area contributed by atoms with Gasteiger partial charge in [-0.15, -0.1) is 11.3 Å². The molecule has 9 nitrogen and oxygen atoms in total. The second-order valence-corrected chi connectivity index (χ2v) is 15.0. The number of thiophene rings is 1. The highest BCUT2D eigenvalue weighted by Crippen LogP contribution is 2.44. The Kier molecular flexibility index (Phi) is 9.02. The number of pyridine rings is 1. The third-order valence-electron chi connectivity index (χ3n) is 10.1. The molecule has 5 heterocycles. The molecule has 0 atom stereocenters.